The number of nitrogens with zero attached hydrogens (tertiary/aromatic N) is 3. The minimum atomic E-state index is -1.02. The molecular formula is C8H9N3O4S. The number of carboxylic acid groups (broad SMARTS) is 1. The van der Waals surface area contributed by atoms with Gasteiger partial charge in [-0.25, -0.2) is 4.79 Å². The number of thioether (sulfide) groups is 1. The summed E-state index contributed by atoms with van der Waals surface area (Å²) in [4.78, 5) is 27.7. The van der Waals surface area contributed by atoms with Gasteiger partial charge in [0.2, 0.25) is 5.89 Å². The fourth-order valence-corrected chi connectivity index (χ4v) is 2.51. The first kappa shape index (κ1) is 10.9. The average molecular weight is 243 g/mol. The topological polar surface area (TPSA) is 96.5 Å². The standard InChI is InChI=1S/C8H9N3O4S/c1-4-9-6(10-15-4)7(12)11-3-16-2-5(11)8(13)14/h5H,2-3H2,1H3,(H,13,14). The monoisotopic (exact) mass is 243 g/mol. The van der Waals surface area contributed by atoms with Crippen LogP contribution < -0.4 is 0 Å². The zero-order valence-corrected chi connectivity index (χ0v) is 9.23. The Morgan fingerprint density at radius 2 is 2.38 bits per heavy atom. The van der Waals surface area contributed by atoms with Crippen molar-refractivity contribution in [1.82, 2.24) is 15.0 Å². The molecule has 1 saturated heterocycles. The summed E-state index contributed by atoms with van der Waals surface area (Å²) in [5.74, 6) is -0.609. The first-order valence-electron chi connectivity index (χ1n) is 4.51. The Balaban J connectivity index is 2.18. The van der Waals surface area contributed by atoms with Crippen LogP contribution in [0.5, 0.6) is 0 Å². The molecule has 1 unspecified atom stereocenters. The molecule has 2 rings (SSSR count). The molecule has 0 spiro atoms. The molecule has 2 heterocycles. The van der Waals surface area contributed by atoms with E-state index in [4.69, 9.17) is 5.11 Å². The fraction of sp³-hybridized carbons (Fsp3) is 0.500. The van der Waals surface area contributed by atoms with Gasteiger partial charge in [-0.05, 0) is 0 Å². The Kier molecular flexibility index (Phi) is 2.82. The van der Waals surface area contributed by atoms with Crippen LogP contribution >= 0.6 is 11.8 Å². The Hall–Kier alpha value is -1.57. The predicted molar refractivity (Wildman–Crippen MR) is 54.0 cm³/mol. The third kappa shape index (κ3) is 1.87. The first-order valence-corrected chi connectivity index (χ1v) is 5.67. The van der Waals surface area contributed by atoms with Crippen molar-refractivity contribution >= 4 is 23.6 Å². The van der Waals surface area contributed by atoms with Crippen LogP contribution in [-0.4, -0.2) is 49.7 Å². The van der Waals surface area contributed by atoms with Crippen molar-refractivity contribution in [3.63, 3.8) is 0 Å². The van der Waals surface area contributed by atoms with E-state index in [1.807, 2.05) is 0 Å². The van der Waals surface area contributed by atoms with Gasteiger partial charge in [-0.3, -0.25) is 4.79 Å². The fourth-order valence-electron chi connectivity index (χ4n) is 1.36. The van der Waals surface area contributed by atoms with E-state index in [9.17, 15) is 9.59 Å². The molecule has 1 N–H and O–H groups in total. The largest absolute Gasteiger partial charge is 0.480 e. The Morgan fingerprint density at radius 3 is 2.94 bits per heavy atom. The Morgan fingerprint density at radius 1 is 1.62 bits per heavy atom. The molecule has 16 heavy (non-hydrogen) atoms. The molecule has 1 aromatic heterocycles. The highest BCUT2D eigenvalue weighted by molar-refractivity contribution is 7.99. The number of aryl methyl sites for hydroxylation is 1. The van der Waals surface area contributed by atoms with E-state index in [0.29, 0.717) is 11.6 Å². The summed E-state index contributed by atoms with van der Waals surface area (Å²) in [5, 5.41) is 12.4. The van der Waals surface area contributed by atoms with Crippen molar-refractivity contribution in [2.45, 2.75) is 13.0 Å². The molecule has 1 aliphatic heterocycles. The van der Waals surface area contributed by atoms with Crippen LogP contribution in [0.2, 0.25) is 0 Å². The quantitative estimate of drug-likeness (QED) is 0.779. The summed E-state index contributed by atoms with van der Waals surface area (Å²) >= 11 is 1.39. The summed E-state index contributed by atoms with van der Waals surface area (Å²) in [6.07, 6.45) is 0. The van der Waals surface area contributed by atoms with Crippen LogP contribution in [0, 0.1) is 6.92 Å². The molecule has 86 valence electrons. The van der Waals surface area contributed by atoms with E-state index in [-0.39, 0.29) is 11.7 Å². The molecule has 0 radical (unpaired) electrons. The maximum atomic E-state index is 11.8. The van der Waals surface area contributed by atoms with E-state index in [2.05, 4.69) is 14.7 Å². The van der Waals surface area contributed by atoms with Crippen LogP contribution in [0.3, 0.4) is 0 Å². The molecule has 1 amide bonds. The number of carbonyl (C=O) groups is 2. The molecule has 1 aliphatic rings. The van der Waals surface area contributed by atoms with E-state index < -0.39 is 17.9 Å². The first-order chi connectivity index (χ1) is 7.59. The van der Waals surface area contributed by atoms with Gasteiger partial charge in [0.1, 0.15) is 6.04 Å². The number of carboxylic acids is 1. The number of hydrogen-bond acceptors (Lipinski definition) is 6. The van der Waals surface area contributed by atoms with Gasteiger partial charge in [-0.2, -0.15) is 4.98 Å². The molecule has 7 nitrogen and oxygen atoms in total. The van der Waals surface area contributed by atoms with Gasteiger partial charge in [-0.1, -0.05) is 5.16 Å². The summed E-state index contributed by atoms with van der Waals surface area (Å²) < 4.78 is 4.68. The zero-order chi connectivity index (χ0) is 11.7. The normalized spacial score (nSPS) is 20.1. The second-order valence-corrected chi connectivity index (χ2v) is 4.27. The van der Waals surface area contributed by atoms with Gasteiger partial charge in [0.05, 0.1) is 5.88 Å². The molecule has 1 atom stereocenters. The molecule has 1 fully saturated rings. The minimum Gasteiger partial charge on any atom is -0.480 e. The third-order valence-corrected chi connectivity index (χ3v) is 3.16. The molecular weight excluding hydrogens is 234 g/mol. The average Bonchev–Trinajstić information content (AvgIpc) is 2.84. The van der Waals surface area contributed by atoms with Crippen molar-refractivity contribution in [2.75, 3.05) is 11.6 Å². The Bertz CT molecular complexity index is 433. The molecule has 8 heteroatoms. The van der Waals surface area contributed by atoms with E-state index in [0.717, 1.165) is 0 Å². The van der Waals surface area contributed by atoms with Gasteiger partial charge in [0, 0.05) is 12.7 Å². The predicted octanol–water partition coefficient (Wildman–Crippen LogP) is -0.0223. The highest BCUT2D eigenvalue weighted by Crippen LogP contribution is 2.22. The van der Waals surface area contributed by atoms with Crippen LogP contribution in [0.25, 0.3) is 0 Å². The van der Waals surface area contributed by atoms with Crippen molar-refractivity contribution in [3.05, 3.63) is 11.7 Å². The lowest BCUT2D eigenvalue weighted by molar-refractivity contribution is -0.140. The number of hydrogen-bond donors (Lipinski definition) is 1. The highest BCUT2D eigenvalue weighted by atomic mass is 32.2. The number of aliphatic carboxylic acids is 1. The lowest BCUT2D eigenvalue weighted by Crippen LogP contribution is -2.42. The van der Waals surface area contributed by atoms with Crippen LogP contribution in [-0.2, 0) is 4.79 Å². The summed E-state index contributed by atoms with van der Waals surface area (Å²) in [6, 6.07) is -0.809. The van der Waals surface area contributed by atoms with Crippen molar-refractivity contribution in [3.8, 4) is 0 Å². The second kappa shape index (κ2) is 4.12. The highest BCUT2D eigenvalue weighted by Gasteiger charge is 2.36. The van der Waals surface area contributed by atoms with E-state index >= 15 is 0 Å². The zero-order valence-electron chi connectivity index (χ0n) is 8.41. The lowest BCUT2D eigenvalue weighted by atomic mass is 10.3. The van der Waals surface area contributed by atoms with Gasteiger partial charge in [0.15, 0.2) is 0 Å². The van der Waals surface area contributed by atoms with Crippen LogP contribution in [0.15, 0.2) is 4.52 Å². The number of carbonyl (C=O) groups excluding carboxylic acids is 1. The van der Waals surface area contributed by atoms with Crippen molar-refractivity contribution in [1.29, 1.82) is 0 Å². The van der Waals surface area contributed by atoms with Crippen molar-refractivity contribution in [2.24, 2.45) is 0 Å². The summed E-state index contributed by atoms with van der Waals surface area (Å²) in [7, 11) is 0. The molecule has 0 aromatic carbocycles. The van der Waals surface area contributed by atoms with Crippen LogP contribution in [0.4, 0.5) is 0 Å². The lowest BCUT2D eigenvalue weighted by Gasteiger charge is -2.18. The maximum absolute atomic E-state index is 11.8. The van der Waals surface area contributed by atoms with Gasteiger partial charge < -0.3 is 14.5 Å². The molecule has 0 aliphatic carbocycles. The minimum absolute atomic E-state index is 0.0914. The van der Waals surface area contributed by atoms with Crippen molar-refractivity contribution < 1.29 is 19.2 Å². The Labute approximate surface area is 94.8 Å². The number of amides is 1. The molecule has 0 bridgehead atoms. The van der Waals surface area contributed by atoms with Gasteiger partial charge >= 0.3 is 5.97 Å². The summed E-state index contributed by atoms with van der Waals surface area (Å²) in [6.45, 7) is 1.57. The van der Waals surface area contributed by atoms with E-state index in [1.54, 1.807) is 6.92 Å². The van der Waals surface area contributed by atoms with E-state index in [1.165, 1.54) is 16.7 Å². The smallest absolute Gasteiger partial charge is 0.327 e. The summed E-state index contributed by atoms with van der Waals surface area (Å²) in [5.41, 5.74) is 0. The SMILES string of the molecule is Cc1nc(C(=O)N2CSCC2C(=O)O)no1. The molecule has 1 aromatic rings. The van der Waals surface area contributed by atoms with Gasteiger partial charge in [-0.15, -0.1) is 11.8 Å². The third-order valence-electron chi connectivity index (χ3n) is 2.15. The van der Waals surface area contributed by atoms with Gasteiger partial charge in [0.25, 0.3) is 11.7 Å². The maximum Gasteiger partial charge on any atom is 0.327 e. The molecule has 0 saturated carbocycles. The number of aromatic nitrogens is 2. The van der Waals surface area contributed by atoms with Crippen LogP contribution in [0.1, 0.15) is 16.5 Å². The number of rotatable bonds is 2. The second-order valence-electron chi connectivity index (χ2n) is 3.27.